The number of hydrogen-bond donors (Lipinski definition) is 3. The SMILES string of the molecule is CC[C@@H]1NC(C(=O)O)CC1O. The number of nitrogens with one attached hydrogen (secondary N) is 1. The first-order chi connectivity index (χ1) is 5.15. The van der Waals surface area contributed by atoms with E-state index >= 15 is 0 Å². The lowest BCUT2D eigenvalue weighted by molar-refractivity contribution is -0.139. The van der Waals surface area contributed by atoms with Crippen molar-refractivity contribution in [2.75, 3.05) is 0 Å². The molecular weight excluding hydrogens is 146 g/mol. The highest BCUT2D eigenvalue weighted by molar-refractivity contribution is 5.74. The quantitative estimate of drug-likeness (QED) is 0.511. The van der Waals surface area contributed by atoms with Crippen LogP contribution in [-0.4, -0.2) is 34.4 Å². The minimum absolute atomic E-state index is 0.0453. The highest BCUT2D eigenvalue weighted by Crippen LogP contribution is 2.15. The van der Waals surface area contributed by atoms with Gasteiger partial charge in [-0.15, -0.1) is 0 Å². The average Bonchev–Trinajstić information content (AvgIpc) is 2.31. The number of carbonyl (C=O) groups is 1. The molecule has 0 bridgehead atoms. The average molecular weight is 159 g/mol. The van der Waals surface area contributed by atoms with E-state index in [1.807, 2.05) is 6.92 Å². The summed E-state index contributed by atoms with van der Waals surface area (Å²) in [6.45, 7) is 1.92. The maximum atomic E-state index is 10.4. The molecular formula is C7H13NO3. The standard InChI is InChI=1S/C7H13NO3/c1-2-4-6(9)3-5(8-4)7(10)11/h4-6,8-9H,2-3H2,1H3,(H,10,11)/t4-,5?,6?/m0/s1. The minimum atomic E-state index is -0.875. The van der Waals surface area contributed by atoms with Gasteiger partial charge in [-0.3, -0.25) is 10.1 Å². The lowest BCUT2D eigenvalue weighted by atomic mass is 10.1. The van der Waals surface area contributed by atoms with Gasteiger partial charge in [0.05, 0.1) is 6.10 Å². The highest BCUT2D eigenvalue weighted by Gasteiger charge is 2.34. The maximum Gasteiger partial charge on any atom is 0.320 e. The van der Waals surface area contributed by atoms with Crippen LogP contribution < -0.4 is 5.32 Å². The van der Waals surface area contributed by atoms with Gasteiger partial charge in [0.1, 0.15) is 6.04 Å². The predicted octanol–water partition coefficient (Wildman–Crippen LogP) is -0.428. The van der Waals surface area contributed by atoms with Gasteiger partial charge in [0.25, 0.3) is 0 Å². The number of carboxylic acid groups (broad SMARTS) is 1. The second-order valence-electron chi connectivity index (χ2n) is 2.88. The highest BCUT2D eigenvalue weighted by atomic mass is 16.4. The van der Waals surface area contributed by atoms with Gasteiger partial charge in [0.15, 0.2) is 0 Å². The van der Waals surface area contributed by atoms with Crippen LogP contribution in [0.5, 0.6) is 0 Å². The van der Waals surface area contributed by atoms with Crippen molar-refractivity contribution in [1.29, 1.82) is 0 Å². The normalized spacial score (nSPS) is 37.5. The second-order valence-corrected chi connectivity index (χ2v) is 2.88. The van der Waals surface area contributed by atoms with Crippen molar-refractivity contribution < 1.29 is 15.0 Å². The van der Waals surface area contributed by atoms with Crippen LogP contribution in [0.4, 0.5) is 0 Å². The topological polar surface area (TPSA) is 69.6 Å². The molecule has 1 aliphatic heterocycles. The third-order valence-electron chi connectivity index (χ3n) is 2.09. The Bertz CT molecular complexity index is 160. The Morgan fingerprint density at radius 2 is 2.36 bits per heavy atom. The van der Waals surface area contributed by atoms with E-state index < -0.39 is 18.1 Å². The monoisotopic (exact) mass is 159 g/mol. The molecule has 1 fully saturated rings. The van der Waals surface area contributed by atoms with Gasteiger partial charge in [-0.2, -0.15) is 0 Å². The summed E-state index contributed by atoms with van der Waals surface area (Å²) in [7, 11) is 0. The van der Waals surface area contributed by atoms with E-state index in [0.29, 0.717) is 6.42 Å². The minimum Gasteiger partial charge on any atom is -0.480 e. The fourth-order valence-electron chi connectivity index (χ4n) is 1.41. The Morgan fingerprint density at radius 3 is 2.64 bits per heavy atom. The zero-order valence-corrected chi connectivity index (χ0v) is 6.45. The molecule has 0 aromatic rings. The van der Waals surface area contributed by atoms with Crippen molar-refractivity contribution in [3.8, 4) is 0 Å². The van der Waals surface area contributed by atoms with Gasteiger partial charge in [0, 0.05) is 12.5 Å². The second kappa shape index (κ2) is 3.19. The number of carboxylic acids is 1. The Kier molecular flexibility index (Phi) is 2.46. The van der Waals surface area contributed by atoms with Crippen molar-refractivity contribution in [1.82, 2.24) is 5.32 Å². The van der Waals surface area contributed by atoms with Crippen molar-refractivity contribution in [3.05, 3.63) is 0 Å². The number of aliphatic hydroxyl groups excluding tert-OH is 1. The summed E-state index contributed by atoms with van der Waals surface area (Å²) < 4.78 is 0. The van der Waals surface area contributed by atoms with E-state index in [1.54, 1.807) is 0 Å². The van der Waals surface area contributed by atoms with Gasteiger partial charge in [-0.25, -0.2) is 0 Å². The van der Waals surface area contributed by atoms with E-state index in [0.717, 1.165) is 6.42 Å². The molecule has 1 heterocycles. The van der Waals surface area contributed by atoms with Crippen LogP contribution in [0.2, 0.25) is 0 Å². The van der Waals surface area contributed by atoms with E-state index in [1.165, 1.54) is 0 Å². The number of hydrogen-bond acceptors (Lipinski definition) is 3. The molecule has 1 rings (SSSR count). The zero-order valence-electron chi connectivity index (χ0n) is 6.45. The van der Waals surface area contributed by atoms with Gasteiger partial charge in [-0.1, -0.05) is 6.92 Å². The number of aliphatic carboxylic acids is 1. The Balaban J connectivity index is 2.49. The van der Waals surface area contributed by atoms with E-state index in [9.17, 15) is 9.90 Å². The zero-order chi connectivity index (χ0) is 8.43. The molecule has 0 aromatic heterocycles. The maximum absolute atomic E-state index is 10.4. The lowest BCUT2D eigenvalue weighted by Gasteiger charge is -2.10. The first-order valence-corrected chi connectivity index (χ1v) is 3.82. The molecule has 2 unspecified atom stereocenters. The Labute approximate surface area is 65.2 Å². The molecule has 4 nitrogen and oxygen atoms in total. The van der Waals surface area contributed by atoms with Gasteiger partial charge in [-0.05, 0) is 6.42 Å². The van der Waals surface area contributed by atoms with Crippen LogP contribution in [0.25, 0.3) is 0 Å². The fraction of sp³-hybridized carbons (Fsp3) is 0.857. The summed E-state index contributed by atoms with van der Waals surface area (Å²) in [5.41, 5.74) is 0. The molecule has 3 N–H and O–H groups in total. The van der Waals surface area contributed by atoms with Crippen LogP contribution in [0.15, 0.2) is 0 Å². The first kappa shape index (κ1) is 8.49. The third-order valence-corrected chi connectivity index (χ3v) is 2.09. The number of rotatable bonds is 2. The molecule has 1 saturated heterocycles. The molecule has 64 valence electrons. The van der Waals surface area contributed by atoms with Crippen LogP contribution in [0, 0.1) is 0 Å². The van der Waals surface area contributed by atoms with Gasteiger partial charge >= 0.3 is 5.97 Å². The molecule has 0 aromatic carbocycles. The summed E-state index contributed by atoms with van der Waals surface area (Å²) in [6, 6.07) is -0.606. The first-order valence-electron chi connectivity index (χ1n) is 3.82. The van der Waals surface area contributed by atoms with Crippen LogP contribution in [0.3, 0.4) is 0 Å². The molecule has 0 aliphatic carbocycles. The van der Waals surface area contributed by atoms with E-state index in [2.05, 4.69) is 5.32 Å². The van der Waals surface area contributed by atoms with Crippen molar-refractivity contribution in [3.63, 3.8) is 0 Å². The summed E-state index contributed by atoms with van der Waals surface area (Å²) in [4.78, 5) is 10.4. The smallest absolute Gasteiger partial charge is 0.320 e. The number of aliphatic hydroxyl groups is 1. The Morgan fingerprint density at radius 1 is 1.73 bits per heavy atom. The third kappa shape index (κ3) is 1.70. The summed E-state index contributed by atoms with van der Waals surface area (Å²) in [5.74, 6) is -0.875. The van der Waals surface area contributed by atoms with Crippen LogP contribution in [-0.2, 0) is 4.79 Å². The van der Waals surface area contributed by atoms with Gasteiger partial charge in [0.2, 0.25) is 0 Å². The molecule has 0 amide bonds. The van der Waals surface area contributed by atoms with Crippen LogP contribution in [0.1, 0.15) is 19.8 Å². The summed E-state index contributed by atoms with van der Waals surface area (Å²) in [6.07, 6.45) is 0.597. The van der Waals surface area contributed by atoms with Gasteiger partial charge < -0.3 is 10.2 Å². The van der Waals surface area contributed by atoms with E-state index in [4.69, 9.17) is 5.11 Å². The van der Waals surface area contributed by atoms with E-state index in [-0.39, 0.29) is 6.04 Å². The van der Waals surface area contributed by atoms with Crippen molar-refractivity contribution >= 4 is 5.97 Å². The Hall–Kier alpha value is -0.610. The molecule has 0 saturated carbocycles. The molecule has 0 radical (unpaired) electrons. The van der Waals surface area contributed by atoms with Crippen molar-refractivity contribution in [2.45, 2.75) is 38.0 Å². The largest absolute Gasteiger partial charge is 0.480 e. The fourth-order valence-corrected chi connectivity index (χ4v) is 1.41. The molecule has 0 spiro atoms. The molecule has 11 heavy (non-hydrogen) atoms. The lowest BCUT2D eigenvalue weighted by Crippen LogP contribution is -2.36. The molecule has 4 heteroatoms. The molecule has 1 aliphatic rings. The summed E-state index contributed by atoms with van der Waals surface area (Å²) >= 11 is 0. The molecule has 3 atom stereocenters. The predicted molar refractivity (Wildman–Crippen MR) is 39.3 cm³/mol. The summed E-state index contributed by atoms with van der Waals surface area (Å²) in [5, 5.41) is 20.7. The van der Waals surface area contributed by atoms with Crippen molar-refractivity contribution in [2.24, 2.45) is 0 Å². The van der Waals surface area contributed by atoms with Crippen LogP contribution >= 0.6 is 0 Å².